The minimum absolute atomic E-state index is 0.145. The summed E-state index contributed by atoms with van der Waals surface area (Å²) in [7, 11) is 0. The van der Waals surface area contributed by atoms with Crippen LogP contribution in [0.2, 0.25) is 5.02 Å². The Morgan fingerprint density at radius 1 is 1.24 bits per heavy atom. The van der Waals surface area contributed by atoms with E-state index < -0.39 is 0 Å². The van der Waals surface area contributed by atoms with Gasteiger partial charge in [-0.15, -0.1) is 16.8 Å². The van der Waals surface area contributed by atoms with Gasteiger partial charge >= 0.3 is 0 Å². The van der Waals surface area contributed by atoms with Crippen LogP contribution >= 0.6 is 23.4 Å². The number of amides is 1. The van der Waals surface area contributed by atoms with Crippen LogP contribution in [0.3, 0.4) is 0 Å². The maximum Gasteiger partial charge on any atom is 0.230 e. The molecule has 0 radical (unpaired) electrons. The number of thioether (sulfide) groups is 1. The summed E-state index contributed by atoms with van der Waals surface area (Å²) in [5, 5.41) is 12.7. The molecular weight excluding hydrogens is 411 g/mol. The molecule has 0 aliphatic carbocycles. The molecule has 3 aromatic rings. The van der Waals surface area contributed by atoms with Crippen molar-refractivity contribution in [3.8, 4) is 11.4 Å². The Kier molecular flexibility index (Phi) is 7.06. The maximum atomic E-state index is 13.0. The zero-order chi connectivity index (χ0) is 20.8. The van der Waals surface area contributed by atoms with Gasteiger partial charge < -0.3 is 5.32 Å². The summed E-state index contributed by atoms with van der Waals surface area (Å²) in [6, 6.07) is 13.2. The number of rotatable bonds is 8. The van der Waals surface area contributed by atoms with E-state index in [9.17, 15) is 9.18 Å². The first-order valence-corrected chi connectivity index (χ1v) is 10.3. The summed E-state index contributed by atoms with van der Waals surface area (Å²) >= 11 is 7.25. The van der Waals surface area contributed by atoms with Gasteiger partial charge in [-0.05, 0) is 48.9 Å². The second kappa shape index (κ2) is 9.71. The molecular formula is C21H20ClFN4OS. The Morgan fingerprint density at radius 2 is 1.93 bits per heavy atom. The molecule has 0 spiro atoms. The van der Waals surface area contributed by atoms with Crippen molar-refractivity contribution in [2.24, 2.45) is 0 Å². The molecule has 0 aliphatic heterocycles. The molecule has 29 heavy (non-hydrogen) atoms. The first kappa shape index (κ1) is 21.1. The molecule has 150 valence electrons. The first-order chi connectivity index (χ1) is 14.0. The zero-order valence-corrected chi connectivity index (χ0v) is 17.4. The predicted molar refractivity (Wildman–Crippen MR) is 114 cm³/mol. The minimum atomic E-state index is -0.305. The number of halogens is 2. The van der Waals surface area contributed by atoms with Gasteiger partial charge in [0, 0.05) is 17.1 Å². The van der Waals surface area contributed by atoms with Crippen molar-refractivity contribution >= 4 is 29.3 Å². The van der Waals surface area contributed by atoms with Crippen molar-refractivity contribution in [2.75, 3.05) is 5.75 Å². The second-order valence-corrected chi connectivity index (χ2v) is 7.72. The highest BCUT2D eigenvalue weighted by molar-refractivity contribution is 7.99. The fourth-order valence-corrected chi connectivity index (χ4v) is 3.63. The molecule has 0 saturated heterocycles. The van der Waals surface area contributed by atoms with E-state index in [2.05, 4.69) is 22.1 Å². The van der Waals surface area contributed by atoms with E-state index in [4.69, 9.17) is 11.6 Å². The van der Waals surface area contributed by atoms with Crippen molar-refractivity contribution in [3.05, 3.63) is 77.6 Å². The van der Waals surface area contributed by atoms with Gasteiger partial charge in [-0.2, -0.15) is 0 Å². The molecule has 1 atom stereocenters. The van der Waals surface area contributed by atoms with E-state index in [0.29, 0.717) is 22.5 Å². The first-order valence-electron chi connectivity index (χ1n) is 8.95. The lowest BCUT2D eigenvalue weighted by Gasteiger charge is -2.14. The molecule has 3 rings (SSSR count). The molecule has 0 saturated carbocycles. The summed E-state index contributed by atoms with van der Waals surface area (Å²) in [6.45, 7) is 6.16. The van der Waals surface area contributed by atoms with Crippen LogP contribution in [0, 0.1) is 5.82 Å². The van der Waals surface area contributed by atoms with Crippen LogP contribution in [0.15, 0.2) is 66.3 Å². The topological polar surface area (TPSA) is 59.8 Å². The number of hydrogen-bond acceptors (Lipinski definition) is 4. The number of carbonyl (C=O) groups is 1. The molecule has 0 bridgehead atoms. The molecule has 1 N–H and O–H groups in total. The average Bonchev–Trinajstić information content (AvgIpc) is 3.10. The van der Waals surface area contributed by atoms with Crippen LogP contribution in [-0.4, -0.2) is 26.4 Å². The molecule has 0 aliphatic rings. The number of carbonyl (C=O) groups excluding carboxylic acids is 1. The molecule has 5 nitrogen and oxygen atoms in total. The van der Waals surface area contributed by atoms with Crippen LogP contribution in [0.4, 0.5) is 4.39 Å². The average molecular weight is 431 g/mol. The van der Waals surface area contributed by atoms with Crippen molar-refractivity contribution in [1.29, 1.82) is 0 Å². The number of benzene rings is 2. The standard InChI is InChI=1S/C21H20ClFN4OS/c1-3-12-27-20(16-4-8-17(22)9-5-16)25-26-21(27)29-13-19(28)24-14(2)15-6-10-18(23)11-7-15/h3-11,14H,1,12-13H2,2H3,(H,24,28). The highest BCUT2D eigenvalue weighted by Gasteiger charge is 2.16. The molecule has 8 heteroatoms. The summed E-state index contributed by atoms with van der Waals surface area (Å²) < 4.78 is 14.9. The molecule has 1 aromatic heterocycles. The Bertz CT molecular complexity index is 989. The van der Waals surface area contributed by atoms with Crippen LogP contribution < -0.4 is 5.32 Å². The Labute approximate surface area is 178 Å². The Balaban J connectivity index is 1.66. The van der Waals surface area contributed by atoms with Gasteiger partial charge in [0.15, 0.2) is 11.0 Å². The smallest absolute Gasteiger partial charge is 0.230 e. The molecule has 1 unspecified atom stereocenters. The largest absolute Gasteiger partial charge is 0.349 e. The van der Waals surface area contributed by atoms with Gasteiger partial charge in [0.2, 0.25) is 5.91 Å². The number of nitrogens with one attached hydrogen (secondary N) is 1. The normalized spacial score (nSPS) is 11.8. The highest BCUT2D eigenvalue weighted by atomic mass is 35.5. The van der Waals surface area contributed by atoms with Crippen molar-refractivity contribution in [3.63, 3.8) is 0 Å². The minimum Gasteiger partial charge on any atom is -0.349 e. The van der Waals surface area contributed by atoms with Crippen molar-refractivity contribution < 1.29 is 9.18 Å². The summed E-state index contributed by atoms with van der Waals surface area (Å²) in [6.07, 6.45) is 1.75. The molecule has 0 fully saturated rings. The third-order valence-corrected chi connectivity index (χ3v) is 5.43. The van der Waals surface area contributed by atoms with E-state index in [1.165, 1.54) is 23.9 Å². The Morgan fingerprint density at radius 3 is 2.59 bits per heavy atom. The quantitative estimate of drug-likeness (QED) is 0.408. The zero-order valence-electron chi connectivity index (χ0n) is 15.8. The lowest BCUT2D eigenvalue weighted by Crippen LogP contribution is -2.28. The summed E-state index contributed by atoms with van der Waals surface area (Å²) in [4.78, 5) is 12.4. The summed E-state index contributed by atoms with van der Waals surface area (Å²) in [5.74, 6) is 0.416. The van der Waals surface area contributed by atoms with Gasteiger partial charge in [0.05, 0.1) is 11.8 Å². The lowest BCUT2D eigenvalue weighted by molar-refractivity contribution is -0.119. The third kappa shape index (κ3) is 5.46. The molecule has 1 heterocycles. The van der Waals surface area contributed by atoms with E-state index in [0.717, 1.165) is 11.1 Å². The second-order valence-electron chi connectivity index (χ2n) is 6.34. The van der Waals surface area contributed by atoms with Crippen LogP contribution in [-0.2, 0) is 11.3 Å². The molecule has 2 aromatic carbocycles. The van der Waals surface area contributed by atoms with E-state index in [1.807, 2.05) is 23.6 Å². The van der Waals surface area contributed by atoms with Gasteiger partial charge in [-0.3, -0.25) is 9.36 Å². The number of allylic oxidation sites excluding steroid dienone is 1. The van der Waals surface area contributed by atoms with Crippen molar-refractivity contribution in [2.45, 2.75) is 24.7 Å². The van der Waals surface area contributed by atoms with Crippen molar-refractivity contribution in [1.82, 2.24) is 20.1 Å². The van der Waals surface area contributed by atoms with E-state index >= 15 is 0 Å². The van der Waals surface area contributed by atoms with Gasteiger partial charge in [0.1, 0.15) is 5.82 Å². The fraction of sp³-hybridized carbons (Fsp3) is 0.190. The van der Waals surface area contributed by atoms with E-state index in [-0.39, 0.29) is 23.5 Å². The third-order valence-electron chi connectivity index (χ3n) is 4.21. The number of hydrogen-bond donors (Lipinski definition) is 1. The van der Waals surface area contributed by atoms with Gasteiger partial charge in [-0.25, -0.2) is 4.39 Å². The van der Waals surface area contributed by atoms with Gasteiger partial charge in [0.25, 0.3) is 0 Å². The molecule has 1 amide bonds. The van der Waals surface area contributed by atoms with Crippen LogP contribution in [0.25, 0.3) is 11.4 Å². The highest BCUT2D eigenvalue weighted by Crippen LogP contribution is 2.25. The van der Waals surface area contributed by atoms with E-state index in [1.54, 1.807) is 30.3 Å². The van der Waals surface area contributed by atoms with Crippen LogP contribution in [0.5, 0.6) is 0 Å². The maximum absolute atomic E-state index is 13.0. The van der Waals surface area contributed by atoms with Crippen LogP contribution in [0.1, 0.15) is 18.5 Å². The number of nitrogens with zero attached hydrogens (tertiary/aromatic N) is 3. The lowest BCUT2D eigenvalue weighted by atomic mass is 10.1. The number of aromatic nitrogens is 3. The monoisotopic (exact) mass is 430 g/mol. The fourth-order valence-electron chi connectivity index (χ4n) is 2.75. The summed E-state index contributed by atoms with van der Waals surface area (Å²) in [5.41, 5.74) is 1.72. The van der Waals surface area contributed by atoms with Gasteiger partial charge in [-0.1, -0.05) is 41.6 Å². The SMILES string of the molecule is C=CCn1c(SCC(=O)NC(C)c2ccc(F)cc2)nnc1-c1ccc(Cl)cc1. The Hall–Kier alpha value is -2.64. The predicted octanol–water partition coefficient (Wildman–Crippen LogP) is 4.89.